The Labute approximate surface area is 105 Å². The lowest BCUT2D eigenvalue weighted by molar-refractivity contribution is -0.118. The van der Waals surface area contributed by atoms with Crippen LogP contribution in [0.15, 0.2) is 11.8 Å². The molecular formula is C14H25NO2. The zero-order valence-corrected chi connectivity index (χ0v) is 11.1. The van der Waals surface area contributed by atoms with Crippen molar-refractivity contribution in [2.24, 2.45) is 5.92 Å². The summed E-state index contributed by atoms with van der Waals surface area (Å²) < 4.78 is 5.60. The molecule has 0 spiro atoms. The lowest BCUT2D eigenvalue weighted by atomic mass is 10.0. The van der Waals surface area contributed by atoms with Crippen LogP contribution in [0.3, 0.4) is 0 Å². The summed E-state index contributed by atoms with van der Waals surface area (Å²) in [4.78, 5) is 10.9. The molecule has 0 aliphatic heterocycles. The van der Waals surface area contributed by atoms with Crippen LogP contribution < -0.4 is 5.32 Å². The van der Waals surface area contributed by atoms with Crippen LogP contribution in [0.25, 0.3) is 0 Å². The number of allylic oxidation sites excluding steroid dienone is 1. The molecule has 1 saturated carbocycles. The highest BCUT2D eigenvalue weighted by Crippen LogP contribution is 2.32. The first kappa shape index (κ1) is 14.2. The molecule has 1 N–H and O–H groups in total. The zero-order chi connectivity index (χ0) is 12.5. The van der Waals surface area contributed by atoms with Crippen molar-refractivity contribution < 1.29 is 9.53 Å². The topological polar surface area (TPSA) is 38.3 Å². The third kappa shape index (κ3) is 5.87. The van der Waals surface area contributed by atoms with Crippen LogP contribution in [-0.2, 0) is 9.53 Å². The van der Waals surface area contributed by atoms with Crippen LogP contribution in [0.5, 0.6) is 0 Å². The minimum absolute atomic E-state index is 0.0161. The number of carbonyl (C=O) groups is 1. The van der Waals surface area contributed by atoms with Gasteiger partial charge in [-0.1, -0.05) is 18.9 Å². The van der Waals surface area contributed by atoms with Gasteiger partial charge in [-0.2, -0.15) is 0 Å². The molecule has 98 valence electrons. The van der Waals surface area contributed by atoms with Gasteiger partial charge in [0.2, 0.25) is 5.91 Å². The first-order valence-corrected chi connectivity index (χ1v) is 6.77. The Morgan fingerprint density at radius 3 is 3.06 bits per heavy atom. The molecule has 0 aromatic carbocycles. The van der Waals surface area contributed by atoms with Gasteiger partial charge in [-0.15, -0.1) is 0 Å². The molecule has 0 aromatic heterocycles. The van der Waals surface area contributed by atoms with Gasteiger partial charge in [0.1, 0.15) is 0 Å². The van der Waals surface area contributed by atoms with Crippen LogP contribution in [-0.4, -0.2) is 19.1 Å². The van der Waals surface area contributed by atoms with Crippen molar-refractivity contribution >= 4 is 5.91 Å². The number of hydrogen-bond acceptors (Lipinski definition) is 2. The van der Waals surface area contributed by atoms with E-state index in [4.69, 9.17) is 4.74 Å². The Bertz CT molecular complexity index is 261. The van der Waals surface area contributed by atoms with Crippen molar-refractivity contribution in [3.05, 3.63) is 11.8 Å². The van der Waals surface area contributed by atoms with E-state index in [1.54, 1.807) is 6.92 Å². The van der Waals surface area contributed by atoms with Gasteiger partial charge in [-0.3, -0.25) is 4.79 Å². The average molecular weight is 239 g/mol. The van der Waals surface area contributed by atoms with Gasteiger partial charge >= 0.3 is 0 Å². The summed E-state index contributed by atoms with van der Waals surface area (Å²) in [6.07, 6.45) is 8.95. The summed E-state index contributed by atoms with van der Waals surface area (Å²) >= 11 is 0. The summed E-state index contributed by atoms with van der Waals surface area (Å²) in [6, 6.07) is 0. The number of nitrogens with one attached hydrogen (secondary N) is 1. The highest BCUT2D eigenvalue weighted by molar-refractivity contribution is 5.74. The second-order valence-corrected chi connectivity index (χ2v) is 4.76. The van der Waals surface area contributed by atoms with E-state index in [1.165, 1.54) is 24.8 Å². The molecule has 0 heterocycles. The second-order valence-electron chi connectivity index (χ2n) is 4.76. The second kappa shape index (κ2) is 8.29. The summed E-state index contributed by atoms with van der Waals surface area (Å²) in [5.41, 5.74) is 1.39. The Hall–Kier alpha value is -0.830. The van der Waals surface area contributed by atoms with Crippen molar-refractivity contribution in [3.8, 4) is 0 Å². The number of carbonyl (C=O) groups excluding carboxylic acids is 1. The predicted molar refractivity (Wildman–Crippen MR) is 69.6 cm³/mol. The van der Waals surface area contributed by atoms with E-state index in [0.717, 1.165) is 32.5 Å². The fraction of sp³-hybridized carbons (Fsp3) is 0.786. The number of hydrogen-bond donors (Lipinski definition) is 1. The number of ether oxygens (including phenoxy) is 1. The average Bonchev–Trinajstić information content (AvgIpc) is 2.73. The maximum atomic E-state index is 10.9. The molecule has 0 bridgehead atoms. The highest BCUT2D eigenvalue weighted by Gasteiger charge is 2.20. The minimum Gasteiger partial charge on any atom is -0.381 e. The lowest BCUT2D eigenvalue weighted by Crippen LogP contribution is -2.14. The number of amides is 1. The monoisotopic (exact) mass is 239 g/mol. The molecule has 0 aromatic rings. The van der Waals surface area contributed by atoms with Crippen LogP contribution >= 0.6 is 0 Å². The van der Waals surface area contributed by atoms with Crippen molar-refractivity contribution in [2.75, 3.05) is 13.2 Å². The van der Waals surface area contributed by atoms with Gasteiger partial charge in [0.05, 0.1) is 0 Å². The maximum Gasteiger partial charge on any atom is 0.220 e. The zero-order valence-electron chi connectivity index (χ0n) is 11.1. The van der Waals surface area contributed by atoms with Crippen LogP contribution in [0.2, 0.25) is 0 Å². The Kier molecular flexibility index (Phi) is 6.94. The van der Waals surface area contributed by atoms with Crippen molar-refractivity contribution in [2.45, 2.75) is 52.4 Å². The first-order chi connectivity index (χ1) is 8.24. The predicted octanol–water partition coefficient (Wildman–Crippen LogP) is 3.01. The molecule has 1 fully saturated rings. The van der Waals surface area contributed by atoms with Crippen LogP contribution in [0, 0.1) is 5.92 Å². The molecule has 3 heteroatoms. The number of unbranched alkanes of at least 4 members (excludes halogenated alkanes) is 1. The molecule has 0 radical (unpaired) electrons. The summed E-state index contributed by atoms with van der Waals surface area (Å²) in [5, 5.41) is 2.79. The largest absolute Gasteiger partial charge is 0.381 e. The number of rotatable bonds is 7. The Morgan fingerprint density at radius 1 is 1.53 bits per heavy atom. The van der Waals surface area contributed by atoms with Gasteiger partial charge in [-0.05, 0) is 38.0 Å². The Morgan fingerprint density at radius 2 is 2.35 bits per heavy atom. The Balaban J connectivity index is 2.22. The van der Waals surface area contributed by atoms with Crippen molar-refractivity contribution in [3.63, 3.8) is 0 Å². The first-order valence-electron chi connectivity index (χ1n) is 6.77. The molecular weight excluding hydrogens is 214 g/mol. The molecule has 3 nitrogen and oxygen atoms in total. The molecule has 1 aliphatic carbocycles. The molecule has 17 heavy (non-hydrogen) atoms. The van der Waals surface area contributed by atoms with Gasteiger partial charge in [-0.25, -0.2) is 0 Å². The maximum absolute atomic E-state index is 10.9. The minimum atomic E-state index is 0.0161. The van der Waals surface area contributed by atoms with E-state index in [9.17, 15) is 4.79 Å². The smallest absolute Gasteiger partial charge is 0.220 e. The van der Waals surface area contributed by atoms with Crippen molar-refractivity contribution in [1.82, 2.24) is 5.32 Å². The molecule has 1 amide bonds. The quantitative estimate of drug-likeness (QED) is 0.694. The molecule has 1 unspecified atom stereocenters. The van der Waals surface area contributed by atoms with Gasteiger partial charge in [0, 0.05) is 26.3 Å². The van der Waals surface area contributed by atoms with E-state index in [2.05, 4.69) is 12.2 Å². The van der Waals surface area contributed by atoms with E-state index < -0.39 is 0 Å². The fourth-order valence-electron chi connectivity index (χ4n) is 2.23. The highest BCUT2D eigenvalue weighted by atomic mass is 16.5. The van der Waals surface area contributed by atoms with Crippen LogP contribution in [0.4, 0.5) is 0 Å². The standard InChI is InChI=1S/C14H25NO2/c1-3-4-9-17-10-8-13-6-5-7-14(13)11-15-12(2)16/h11,13H,3-10H2,1-2H3,(H,15,16). The van der Waals surface area contributed by atoms with E-state index in [-0.39, 0.29) is 5.91 Å². The molecule has 1 rings (SSSR count). The third-order valence-electron chi connectivity index (χ3n) is 3.26. The summed E-state index contributed by atoms with van der Waals surface area (Å²) in [6.45, 7) is 5.46. The van der Waals surface area contributed by atoms with Gasteiger partial charge in [0.15, 0.2) is 0 Å². The fourth-order valence-corrected chi connectivity index (χ4v) is 2.23. The third-order valence-corrected chi connectivity index (χ3v) is 3.26. The summed E-state index contributed by atoms with van der Waals surface area (Å²) in [5.74, 6) is 0.630. The molecule has 0 saturated heterocycles. The van der Waals surface area contributed by atoms with Gasteiger partial charge in [0.25, 0.3) is 0 Å². The van der Waals surface area contributed by atoms with Crippen LogP contribution in [0.1, 0.15) is 52.4 Å². The lowest BCUT2D eigenvalue weighted by Gasteiger charge is -2.12. The molecule has 1 aliphatic rings. The van der Waals surface area contributed by atoms with E-state index >= 15 is 0 Å². The van der Waals surface area contributed by atoms with Crippen molar-refractivity contribution in [1.29, 1.82) is 0 Å². The summed E-state index contributed by atoms with van der Waals surface area (Å²) in [7, 11) is 0. The molecule has 1 atom stereocenters. The SMILES string of the molecule is CCCCOCCC1CCCC1=CNC(C)=O. The van der Waals surface area contributed by atoms with E-state index in [0.29, 0.717) is 5.92 Å². The normalized spacial score (nSPS) is 22.0. The van der Waals surface area contributed by atoms with Gasteiger partial charge < -0.3 is 10.1 Å². The van der Waals surface area contributed by atoms with E-state index in [1.807, 2.05) is 6.20 Å².